The Bertz CT molecular complexity index is 852. The van der Waals surface area contributed by atoms with Crippen molar-refractivity contribution in [2.75, 3.05) is 23.8 Å². The lowest BCUT2D eigenvalue weighted by molar-refractivity contribution is -0.137. The molecule has 0 saturated carbocycles. The van der Waals surface area contributed by atoms with Crippen LogP contribution in [-0.2, 0) is 15.8 Å². The van der Waals surface area contributed by atoms with Crippen LogP contribution in [0.3, 0.4) is 0 Å². The highest BCUT2D eigenvalue weighted by Crippen LogP contribution is 2.32. The van der Waals surface area contributed by atoms with Gasteiger partial charge >= 0.3 is 6.18 Å². The summed E-state index contributed by atoms with van der Waals surface area (Å²) in [5.74, 6) is -0.469. The average Bonchev–Trinajstić information content (AvgIpc) is 2.59. The van der Waals surface area contributed by atoms with Crippen LogP contribution < -0.4 is 20.1 Å². The van der Waals surface area contributed by atoms with Gasteiger partial charge in [0.15, 0.2) is 13.2 Å². The van der Waals surface area contributed by atoms with Crippen LogP contribution in [0.1, 0.15) is 5.56 Å². The fourth-order valence-electron chi connectivity index (χ4n) is 2.27. The van der Waals surface area contributed by atoms with Crippen molar-refractivity contribution >= 4 is 23.2 Å². The summed E-state index contributed by atoms with van der Waals surface area (Å²) in [5.41, 5.74) is -0.0640. The third-order valence-corrected chi connectivity index (χ3v) is 3.43. The molecule has 3 rings (SSSR count). The van der Waals surface area contributed by atoms with Gasteiger partial charge in [0.1, 0.15) is 11.5 Å². The Morgan fingerprint density at radius 1 is 1.23 bits per heavy atom. The lowest BCUT2D eigenvalue weighted by Crippen LogP contribution is -2.25. The largest absolute Gasteiger partial charge is 0.484 e. The number of hydrogen-bond acceptors (Lipinski definition) is 4. The van der Waals surface area contributed by atoms with Crippen LogP contribution in [0.15, 0.2) is 42.5 Å². The first kappa shape index (κ1) is 17.6. The highest BCUT2D eigenvalue weighted by Gasteiger charge is 2.30. The van der Waals surface area contributed by atoms with E-state index in [4.69, 9.17) is 9.47 Å². The number of benzene rings is 2. The number of hydrogen-bond donors (Lipinski definition) is 2. The van der Waals surface area contributed by atoms with Crippen LogP contribution in [-0.4, -0.2) is 25.0 Å². The van der Waals surface area contributed by atoms with E-state index in [1.165, 1.54) is 18.2 Å². The molecule has 0 aliphatic carbocycles. The maximum Gasteiger partial charge on any atom is 0.416 e. The Morgan fingerprint density at radius 3 is 2.81 bits per heavy atom. The minimum absolute atomic E-state index is 0.0684. The molecular formula is C17H13F3N2O4. The summed E-state index contributed by atoms with van der Waals surface area (Å²) in [4.78, 5) is 23.2. The van der Waals surface area contributed by atoms with E-state index in [-0.39, 0.29) is 18.3 Å². The number of nitrogens with one attached hydrogen (secondary N) is 2. The van der Waals surface area contributed by atoms with E-state index in [1.54, 1.807) is 12.1 Å². The molecule has 2 N–H and O–H groups in total. The molecule has 0 bridgehead atoms. The first-order valence-electron chi connectivity index (χ1n) is 7.48. The lowest BCUT2D eigenvalue weighted by atomic mass is 10.2. The summed E-state index contributed by atoms with van der Waals surface area (Å²) in [5, 5.41) is 5.13. The summed E-state index contributed by atoms with van der Waals surface area (Å²) in [7, 11) is 0. The van der Waals surface area contributed by atoms with E-state index in [9.17, 15) is 22.8 Å². The first-order chi connectivity index (χ1) is 12.3. The van der Waals surface area contributed by atoms with Gasteiger partial charge < -0.3 is 20.1 Å². The molecule has 1 heterocycles. The summed E-state index contributed by atoms with van der Waals surface area (Å²) in [6.45, 7) is -0.551. The molecule has 0 aromatic heterocycles. The molecule has 1 aliphatic heterocycles. The highest BCUT2D eigenvalue weighted by atomic mass is 19.4. The predicted octanol–water partition coefficient (Wildman–Crippen LogP) is 3.05. The van der Waals surface area contributed by atoms with E-state index >= 15 is 0 Å². The Hall–Kier alpha value is -3.23. The van der Waals surface area contributed by atoms with Crippen molar-refractivity contribution in [3.8, 4) is 11.5 Å². The van der Waals surface area contributed by atoms with Gasteiger partial charge in [-0.3, -0.25) is 9.59 Å². The summed E-state index contributed by atoms with van der Waals surface area (Å²) in [6.07, 6.45) is -4.49. The van der Waals surface area contributed by atoms with Crippen molar-refractivity contribution in [1.82, 2.24) is 0 Å². The van der Waals surface area contributed by atoms with Crippen molar-refractivity contribution < 1.29 is 32.2 Å². The summed E-state index contributed by atoms with van der Waals surface area (Å²) < 4.78 is 48.2. The van der Waals surface area contributed by atoms with Gasteiger partial charge in [-0.15, -0.1) is 0 Å². The van der Waals surface area contributed by atoms with Crippen molar-refractivity contribution in [2.45, 2.75) is 6.18 Å². The molecule has 6 nitrogen and oxygen atoms in total. The number of anilines is 2. The Labute approximate surface area is 145 Å². The van der Waals surface area contributed by atoms with Gasteiger partial charge in [-0.1, -0.05) is 6.07 Å². The Kier molecular flexibility index (Phi) is 4.70. The minimum Gasteiger partial charge on any atom is -0.484 e. The molecule has 0 atom stereocenters. The second kappa shape index (κ2) is 6.95. The standard InChI is InChI=1S/C17H13F3N2O4/c18-17(19,20)10-2-1-3-12(6-10)25-8-15(23)21-11-4-5-14-13(7-11)22-16(24)9-26-14/h1-7H,8-9H2,(H,21,23)(H,22,24). The third-order valence-electron chi connectivity index (χ3n) is 3.43. The summed E-state index contributed by atoms with van der Waals surface area (Å²) in [6, 6.07) is 8.91. The van der Waals surface area contributed by atoms with Gasteiger partial charge in [-0.05, 0) is 36.4 Å². The smallest absolute Gasteiger partial charge is 0.416 e. The molecule has 136 valence electrons. The number of amides is 2. The van der Waals surface area contributed by atoms with Crippen LogP contribution in [0.5, 0.6) is 11.5 Å². The Balaban J connectivity index is 1.60. The molecule has 26 heavy (non-hydrogen) atoms. The lowest BCUT2D eigenvalue weighted by Gasteiger charge is -2.18. The molecule has 9 heteroatoms. The maximum atomic E-state index is 12.6. The van der Waals surface area contributed by atoms with Gasteiger partial charge in [0.25, 0.3) is 11.8 Å². The highest BCUT2D eigenvalue weighted by molar-refractivity contribution is 5.97. The molecule has 0 unspecified atom stereocenters. The van der Waals surface area contributed by atoms with Crippen LogP contribution in [0.2, 0.25) is 0 Å². The van der Waals surface area contributed by atoms with E-state index in [0.29, 0.717) is 17.1 Å². The quantitative estimate of drug-likeness (QED) is 0.872. The zero-order chi connectivity index (χ0) is 18.7. The maximum absolute atomic E-state index is 12.6. The fraction of sp³-hybridized carbons (Fsp3) is 0.176. The zero-order valence-electron chi connectivity index (χ0n) is 13.2. The van der Waals surface area contributed by atoms with Gasteiger partial charge in [-0.25, -0.2) is 0 Å². The molecule has 0 saturated heterocycles. The number of fused-ring (bicyclic) bond motifs is 1. The predicted molar refractivity (Wildman–Crippen MR) is 86.1 cm³/mol. The number of rotatable bonds is 4. The summed E-state index contributed by atoms with van der Waals surface area (Å²) >= 11 is 0. The Morgan fingerprint density at radius 2 is 2.04 bits per heavy atom. The van der Waals surface area contributed by atoms with Crippen LogP contribution in [0.25, 0.3) is 0 Å². The first-order valence-corrected chi connectivity index (χ1v) is 7.48. The van der Waals surface area contributed by atoms with E-state index < -0.39 is 24.3 Å². The van der Waals surface area contributed by atoms with E-state index in [1.807, 2.05) is 0 Å². The van der Waals surface area contributed by atoms with Gasteiger partial charge in [-0.2, -0.15) is 13.2 Å². The van der Waals surface area contributed by atoms with Crippen molar-refractivity contribution in [1.29, 1.82) is 0 Å². The molecule has 2 amide bonds. The molecular weight excluding hydrogens is 353 g/mol. The second-order valence-electron chi connectivity index (χ2n) is 5.41. The molecule has 1 aliphatic rings. The van der Waals surface area contributed by atoms with Crippen molar-refractivity contribution in [3.63, 3.8) is 0 Å². The number of alkyl halides is 3. The minimum atomic E-state index is -4.49. The topological polar surface area (TPSA) is 76.7 Å². The number of halogens is 3. The molecule has 2 aromatic carbocycles. The normalized spacial score (nSPS) is 13.3. The number of ether oxygens (including phenoxy) is 2. The van der Waals surface area contributed by atoms with Crippen molar-refractivity contribution in [2.24, 2.45) is 0 Å². The SMILES string of the molecule is O=C(COc1cccc(C(F)(F)F)c1)Nc1ccc2c(c1)NC(=O)CO2. The molecule has 0 spiro atoms. The van der Waals surface area contributed by atoms with Gasteiger partial charge in [0.2, 0.25) is 0 Å². The van der Waals surface area contributed by atoms with Crippen LogP contribution in [0, 0.1) is 0 Å². The third kappa shape index (κ3) is 4.24. The van der Waals surface area contributed by atoms with E-state index in [0.717, 1.165) is 12.1 Å². The van der Waals surface area contributed by atoms with Gasteiger partial charge in [0.05, 0.1) is 11.3 Å². The average molecular weight is 366 g/mol. The van der Waals surface area contributed by atoms with Crippen LogP contribution >= 0.6 is 0 Å². The van der Waals surface area contributed by atoms with Crippen molar-refractivity contribution in [3.05, 3.63) is 48.0 Å². The number of carbonyl (C=O) groups is 2. The fourth-order valence-corrected chi connectivity index (χ4v) is 2.27. The van der Waals surface area contributed by atoms with Gasteiger partial charge in [0, 0.05) is 5.69 Å². The van der Waals surface area contributed by atoms with Crippen LogP contribution in [0.4, 0.5) is 24.5 Å². The molecule has 0 fully saturated rings. The number of carbonyl (C=O) groups excluding carboxylic acids is 2. The monoisotopic (exact) mass is 366 g/mol. The second-order valence-corrected chi connectivity index (χ2v) is 5.41. The van der Waals surface area contributed by atoms with E-state index in [2.05, 4.69) is 10.6 Å². The molecule has 2 aromatic rings. The zero-order valence-corrected chi connectivity index (χ0v) is 13.2. The molecule has 0 radical (unpaired) electrons.